The predicted molar refractivity (Wildman–Crippen MR) is 75.3 cm³/mol. The van der Waals surface area contributed by atoms with Crippen LogP contribution in [0, 0.1) is 5.92 Å². The van der Waals surface area contributed by atoms with Gasteiger partial charge in [-0.2, -0.15) is 0 Å². The molecule has 0 spiro atoms. The molecular weight excluding hydrogens is 218 g/mol. The van der Waals surface area contributed by atoms with E-state index >= 15 is 0 Å². The maximum Gasteiger partial charge on any atom is 0.0297 e. The molecule has 1 heteroatoms. The maximum atomic E-state index is 6.28. The van der Waals surface area contributed by atoms with Crippen LogP contribution in [-0.4, -0.2) is 0 Å². The van der Waals surface area contributed by atoms with E-state index in [2.05, 4.69) is 54.6 Å². The predicted octanol–water partition coefficient (Wildman–Crippen LogP) is 3.88. The van der Waals surface area contributed by atoms with E-state index < -0.39 is 0 Å². The van der Waals surface area contributed by atoms with Crippen molar-refractivity contribution in [1.29, 1.82) is 0 Å². The van der Waals surface area contributed by atoms with Gasteiger partial charge in [0.25, 0.3) is 0 Å². The van der Waals surface area contributed by atoms with Crippen molar-refractivity contribution in [2.75, 3.05) is 0 Å². The Labute approximate surface area is 109 Å². The van der Waals surface area contributed by atoms with Crippen LogP contribution in [0.4, 0.5) is 0 Å². The van der Waals surface area contributed by atoms with E-state index in [9.17, 15) is 0 Å². The van der Waals surface area contributed by atoms with Gasteiger partial charge in [0.15, 0.2) is 0 Å². The quantitative estimate of drug-likeness (QED) is 0.858. The van der Waals surface area contributed by atoms with Crippen molar-refractivity contribution in [1.82, 2.24) is 0 Å². The van der Waals surface area contributed by atoms with E-state index in [-0.39, 0.29) is 6.04 Å². The van der Waals surface area contributed by atoms with Crippen molar-refractivity contribution < 1.29 is 0 Å². The van der Waals surface area contributed by atoms with E-state index in [1.54, 1.807) is 0 Å². The van der Waals surface area contributed by atoms with Gasteiger partial charge in [0.05, 0.1) is 0 Å². The average molecular weight is 237 g/mol. The second-order valence-corrected chi connectivity index (χ2v) is 5.27. The molecule has 18 heavy (non-hydrogen) atoms. The largest absolute Gasteiger partial charge is 0.324 e. The van der Waals surface area contributed by atoms with Crippen LogP contribution >= 0.6 is 0 Å². The number of benzene rings is 2. The monoisotopic (exact) mass is 237 g/mol. The number of hydrogen-bond donors (Lipinski definition) is 1. The van der Waals surface area contributed by atoms with Gasteiger partial charge in [0.1, 0.15) is 0 Å². The van der Waals surface area contributed by atoms with Crippen LogP contribution in [0.25, 0.3) is 0 Å². The van der Waals surface area contributed by atoms with Crippen molar-refractivity contribution in [3.8, 4) is 0 Å². The van der Waals surface area contributed by atoms with Crippen LogP contribution in [0.2, 0.25) is 0 Å². The summed E-state index contributed by atoms with van der Waals surface area (Å²) in [5.74, 6) is 1.50. The standard InChI is InChI=1S/C17H19N/c18-17(14-9-5-2-6-10-14)12-15-11-16(15)13-7-3-1-4-8-13/h1-10,15-17H,11-12,18H2. The maximum absolute atomic E-state index is 6.28. The van der Waals surface area contributed by atoms with Gasteiger partial charge in [-0.3, -0.25) is 0 Å². The Morgan fingerprint density at radius 3 is 2.22 bits per heavy atom. The van der Waals surface area contributed by atoms with E-state index in [0.717, 1.165) is 18.3 Å². The highest BCUT2D eigenvalue weighted by Crippen LogP contribution is 2.51. The zero-order valence-electron chi connectivity index (χ0n) is 10.5. The molecule has 2 N–H and O–H groups in total. The van der Waals surface area contributed by atoms with Gasteiger partial charge in [-0.1, -0.05) is 60.7 Å². The normalized spacial score (nSPS) is 23.6. The highest BCUT2D eigenvalue weighted by molar-refractivity contribution is 5.26. The summed E-state index contributed by atoms with van der Waals surface area (Å²) in [5, 5.41) is 0. The SMILES string of the molecule is NC(CC1CC1c1ccccc1)c1ccccc1. The zero-order valence-corrected chi connectivity index (χ0v) is 10.5. The summed E-state index contributed by atoms with van der Waals surface area (Å²) in [6.45, 7) is 0. The molecule has 0 bridgehead atoms. The molecule has 1 nitrogen and oxygen atoms in total. The highest BCUT2D eigenvalue weighted by atomic mass is 14.6. The third kappa shape index (κ3) is 2.46. The first-order valence-corrected chi connectivity index (χ1v) is 6.70. The van der Waals surface area contributed by atoms with Crippen LogP contribution in [0.15, 0.2) is 60.7 Å². The first kappa shape index (κ1) is 11.5. The summed E-state index contributed by atoms with van der Waals surface area (Å²) in [4.78, 5) is 0. The molecule has 0 amide bonds. The molecule has 0 radical (unpaired) electrons. The fraction of sp³-hybridized carbons (Fsp3) is 0.294. The third-order valence-corrected chi connectivity index (χ3v) is 3.93. The summed E-state index contributed by atoms with van der Waals surface area (Å²) in [7, 11) is 0. The van der Waals surface area contributed by atoms with Gasteiger partial charge in [0, 0.05) is 6.04 Å². The summed E-state index contributed by atoms with van der Waals surface area (Å²) >= 11 is 0. The Morgan fingerprint density at radius 1 is 0.944 bits per heavy atom. The molecule has 92 valence electrons. The molecule has 2 aromatic carbocycles. The first-order chi connectivity index (χ1) is 8.84. The second-order valence-electron chi connectivity index (χ2n) is 5.27. The topological polar surface area (TPSA) is 26.0 Å². The lowest BCUT2D eigenvalue weighted by Gasteiger charge is -2.11. The molecule has 1 aliphatic rings. The molecule has 2 aromatic rings. The number of hydrogen-bond acceptors (Lipinski definition) is 1. The van der Waals surface area contributed by atoms with E-state index in [1.807, 2.05) is 6.07 Å². The lowest BCUT2D eigenvalue weighted by molar-refractivity contribution is 0.585. The van der Waals surface area contributed by atoms with Crippen LogP contribution in [0.3, 0.4) is 0 Å². The van der Waals surface area contributed by atoms with Crippen LogP contribution in [-0.2, 0) is 0 Å². The van der Waals surface area contributed by atoms with Crippen molar-refractivity contribution in [2.45, 2.75) is 24.8 Å². The lowest BCUT2D eigenvalue weighted by atomic mass is 10.00. The number of nitrogens with two attached hydrogens (primary N) is 1. The minimum atomic E-state index is 0.185. The van der Waals surface area contributed by atoms with Gasteiger partial charge < -0.3 is 5.73 Å². The Bertz CT molecular complexity index is 492. The summed E-state index contributed by atoms with van der Waals surface area (Å²) in [6.07, 6.45) is 2.40. The molecule has 0 heterocycles. The molecule has 0 aliphatic heterocycles. The molecular formula is C17H19N. The van der Waals surface area contributed by atoms with Crippen LogP contribution in [0.5, 0.6) is 0 Å². The first-order valence-electron chi connectivity index (χ1n) is 6.70. The fourth-order valence-corrected chi connectivity index (χ4v) is 2.78. The van der Waals surface area contributed by atoms with Gasteiger partial charge in [-0.05, 0) is 35.8 Å². The molecule has 1 fully saturated rings. The van der Waals surface area contributed by atoms with Gasteiger partial charge >= 0.3 is 0 Å². The second kappa shape index (κ2) is 4.95. The van der Waals surface area contributed by atoms with E-state index in [4.69, 9.17) is 5.73 Å². The van der Waals surface area contributed by atoms with Crippen LogP contribution < -0.4 is 5.73 Å². The zero-order chi connectivity index (χ0) is 12.4. The van der Waals surface area contributed by atoms with E-state index in [1.165, 1.54) is 17.5 Å². The Balaban J connectivity index is 1.60. The average Bonchev–Trinajstić information content (AvgIpc) is 3.20. The Hall–Kier alpha value is -1.60. The molecule has 3 unspecified atom stereocenters. The van der Waals surface area contributed by atoms with Gasteiger partial charge in [-0.25, -0.2) is 0 Å². The lowest BCUT2D eigenvalue weighted by Crippen LogP contribution is -2.11. The molecule has 0 aromatic heterocycles. The van der Waals surface area contributed by atoms with Crippen molar-refractivity contribution in [3.05, 3.63) is 71.8 Å². The molecule has 1 aliphatic carbocycles. The molecule has 3 rings (SSSR count). The fourth-order valence-electron chi connectivity index (χ4n) is 2.78. The highest BCUT2D eigenvalue weighted by Gasteiger charge is 2.38. The molecule has 3 atom stereocenters. The molecule has 0 saturated heterocycles. The van der Waals surface area contributed by atoms with Gasteiger partial charge in [0.2, 0.25) is 0 Å². The third-order valence-electron chi connectivity index (χ3n) is 3.93. The van der Waals surface area contributed by atoms with Crippen molar-refractivity contribution in [3.63, 3.8) is 0 Å². The summed E-state index contributed by atoms with van der Waals surface area (Å²) in [5.41, 5.74) is 9.01. The number of rotatable bonds is 4. The molecule has 1 saturated carbocycles. The van der Waals surface area contributed by atoms with Gasteiger partial charge in [-0.15, -0.1) is 0 Å². The van der Waals surface area contributed by atoms with Crippen molar-refractivity contribution >= 4 is 0 Å². The smallest absolute Gasteiger partial charge is 0.0297 e. The van der Waals surface area contributed by atoms with Crippen LogP contribution in [0.1, 0.15) is 35.9 Å². The Kier molecular flexibility index (Phi) is 3.16. The minimum Gasteiger partial charge on any atom is -0.324 e. The Morgan fingerprint density at radius 2 is 1.56 bits per heavy atom. The summed E-state index contributed by atoms with van der Waals surface area (Å²) in [6, 6.07) is 21.4. The van der Waals surface area contributed by atoms with E-state index in [0.29, 0.717) is 0 Å². The van der Waals surface area contributed by atoms with Crippen molar-refractivity contribution in [2.24, 2.45) is 11.7 Å². The minimum absolute atomic E-state index is 0.185. The summed E-state index contributed by atoms with van der Waals surface area (Å²) < 4.78 is 0.